The highest BCUT2D eigenvalue weighted by molar-refractivity contribution is 6.31. The second-order valence-corrected chi connectivity index (χ2v) is 6.97. The van der Waals surface area contributed by atoms with Crippen LogP contribution in [-0.4, -0.2) is 33.4 Å². The summed E-state index contributed by atoms with van der Waals surface area (Å²) < 4.78 is 2.01. The minimum absolute atomic E-state index is 0.00278. The van der Waals surface area contributed by atoms with Gasteiger partial charge in [-0.3, -0.25) is 19.8 Å². The number of nitrogens with zero attached hydrogens (tertiary/aromatic N) is 2. The number of urea groups is 1. The molecule has 1 N–H and O–H groups in total. The molecule has 4 rings (SSSR count). The van der Waals surface area contributed by atoms with Crippen LogP contribution in [-0.2, 0) is 16.1 Å². The number of para-hydroxylation sites is 1. The molecule has 0 atom stereocenters. The van der Waals surface area contributed by atoms with Gasteiger partial charge >= 0.3 is 6.03 Å². The summed E-state index contributed by atoms with van der Waals surface area (Å²) in [4.78, 5) is 38.8. The van der Waals surface area contributed by atoms with Crippen LogP contribution in [0.1, 0.15) is 31.2 Å². The number of benzene rings is 1. The topological polar surface area (TPSA) is 71.4 Å². The molecule has 0 unspecified atom stereocenters. The Labute approximate surface area is 157 Å². The van der Waals surface area contributed by atoms with Crippen molar-refractivity contribution in [1.82, 2.24) is 14.8 Å². The average Bonchev–Trinajstić information content (AvgIpc) is 3.28. The maximum Gasteiger partial charge on any atom is 0.331 e. The van der Waals surface area contributed by atoms with Gasteiger partial charge in [0.2, 0.25) is 0 Å². The normalized spacial score (nSPS) is 19.9. The lowest BCUT2D eigenvalue weighted by Crippen LogP contribution is -2.57. The van der Waals surface area contributed by atoms with Gasteiger partial charge in [-0.05, 0) is 25.0 Å². The summed E-state index contributed by atoms with van der Waals surface area (Å²) in [6.07, 6.45) is 8.85. The molecule has 6 nitrogen and oxygen atoms in total. The molecule has 1 aromatic carbocycles. The van der Waals surface area contributed by atoms with Crippen LogP contribution in [0.2, 0.25) is 0 Å². The van der Waals surface area contributed by atoms with E-state index in [2.05, 4.69) is 11.9 Å². The first kappa shape index (κ1) is 17.3. The molecule has 4 amide bonds. The Kier molecular flexibility index (Phi) is 4.39. The van der Waals surface area contributed by atoms with E-state index in [1.54, 1.807) is 12.2 Å². The molecule has 1 saturated heterocycles. The molecular formula is C21H21N3O3. The number of hydrogen-bond donors (Lipinski definition) is 1. The van der Waals surface area contributed by atoms with Gasteiger partial charge in [0.25, 0.3) is 11.8 Å². The van der Waals surface area contributed by atoms with Crippen molar-refractivity contribution in [3.05, 3.63) is 54.3 Å². The number of barbiturate groups is 1. The standard InChI is InChI=1S/C21H21N3O3/c1-2-11-23-13-14(16-9-5-6-10-18(16)23)12-17-19(25)22-21(27)24(20(17)26)15-7-3-4-8-15/h2,5-6,9-10,12-13,15H,1,3-4,7-8,11H2,(H,22,25,27)/b17-12+. The second-order valence-electron chi connectivity index (χ2n) is 6.97. The van der Waals surface area contributed by atoms with Crippen LogP contribution in [0.15, 0.2) is 48.7 Å². The molecule has 2 aromatic rings. The maximum absolute atomic E-state index is 13.0. The predicted molar refractivity (Wildman–Crippen MR) is 103 cm³/mol. The Morgan fingerprint density at radius 1 is 1.15 bits per heavy atom. The van der Waals surface area contributed by atoms with Gasteiger partial charge in [0.1, 0.15) is 5.57 Å². The van der Waals surface area contributed by atoms with Crippen LogP contribution in [0.5, 0.6) is 0 Å². The summed E-state index contributed by atoms with van der Waals surface area (Å²) in [5.74, 6) is -1.14. The Bertz CT molecular complexity index is 980. The van der Waals surface area contributed by atoms with Crippen LogP contribution in [0, 0.1) is 0 Å². The van der Waals surface area contributed by atoms with Gasteiger partial charge in [0.05, 0.1) is 0 Å². The van der Waals surface area contributed by atoms with E-state index in [0.717, 1.165) is 42.1 Å². The summed E-state index contributed by atoms with van der Waals surface area (Å²) in [6.45, 7) is 4.40. The van der Waals surface area contributed by atoms with Gasteiger partial charge in [0, 0.05) is 35.2 Å². The molecule has 2 fully saturated rings. The third kappa shape index (κ3) is 2.97. The number of aromatic nitrogens is 1. The average molecular weight is 363 g/mol. The number of carbonyl (C=O) groups is 3. The Balaban J connectivity index is 1.77. The highest BCUT2D eigenvalue weighted by Crippen LogP contribution is 2.29. The number of nitrogens with one attached hydrogen (secondary N) is 1. The number of hydrogen-bond acceptors (Lipinski definition) is 3. The molecule has 6 heteroatoms. The van der Waals surface area contributed by atoms with Crippen molar-refractivity contribution < 1.29 is 14.4 Å². The van der Waals surface area contributed by atoms with Crippen molar-refractivity contribution in [2.24, 2.45) is 0 Å². The van der Waals surface area contributed by atoms with Crippen molar-refractivity contribution in [1.29, 1.82) is 0 Å². The lowest BCUT2D eigenvalue weighted by molar-refractivity contribution is -0.131. The Hall–Kier alpha value is -3.15. The van der Waals surface area contributed by atoms with Crippen LogP contribution in [0.4, 0.5) is 4.79 Å². The van der Waals surface area contributed by atoms with Gasteiger partial charge in [-0.1, -0.05) is 37.1 Å². The fourth-order valence-corrected chi connectivity index (χ4v) is 4.00. The maximum atomic E-state index is 13.0. The summed E-state index contributed by atoms with van der Waals surface area (Å²) in [5, 5.41) is 3.26. The molecule has 1 aromatic heterocycles. The number of allylic oxidation sites excluding steroid dienone is 1. The van der Waals surface area contributed by atoms with Crippen LogP contribution >= 0.6 is 0 Å². The van der Waals surface area contributed by atoms with Gasteiger partial charge < -0.3 is 4.57 Å². The van der Waals surface area contributed by atoms with E-state index in [4.69, 9.17) is 0 Å². The van der Waals surface area contributed by atoms with Gasteiger partial charge in [-0.2, -0.15) is 0 Å². The molecule has 2 aliphatic rings. The van der Waals surface area contributed by atoms with E-state index in [9.17, 15) is 14.4 Å². The van der Waals surface area contributed by atoms with Crippen molar-refractivity contribution >= 4 is 34.8 Å². The molecule has 0 radical (unpaired) electrons. The zero-order valence-corrected chi connectivity index (χ0v) is 15.0. The van der Waals surface area contributed by atoms with E-state index in [-0.39, 0.29) is 11.6 Å². The summed E-state index contributed by atoms with van der Waals surface area (Å²) >= 11 is 0. The van der Waals surface area contributed by atoms with E-state index in [0.29, 0.717) is 6.54 Å². The van der Waals surface area contributed by atoms with Gasteiger partial charge in [-0.25, -0.2) is 4.79 Å². The first-order chi connectivity index (χ1) is 13.1. The number of imide groups is 2. The SMILES string of the molecule is C=CCn1cc(/C=C2\C(=O)NC(=O)N(C3CCCC3)C2=O)c2ccccc21. The molecule has 2 heterocycles. The fraction of sp³-hybridized carbons (Fsp3) is 0.286. The van der Waals surface area contributed by atoms with E-state index in [1.807, 2.05) is 35.0 Å². The van der Waals surface area contributed by atoms with Crippen LogP contribution in [0.3, 0.4) is 0 Å². The van der Waals surface area contributed by atoms with E-state index < -0.39 is 17.8 Å². The summed E-state index contributed by atoms with van der Waals surface area (Å²) in [6, 6.07) is 7.06. The highest BCUT2D eigenvalue weighted by Gasteiger charge is 2.40. The fourth-order valence-electron chi connectivity index (χ4n) is 4.00. The third-order valence-corrected chi connectivity index (χ3v) is 5.27. The molecule has 1 saturated carbocycles. The summed E-state index contributed by atoms with van der Waals surface area (Å²) in [5.41, 5.74) is 1.77. The molecular weight excluding hydrogens is 342 g/mol. The molecule has 0 spiro atoms. The van der Waals surface area contributed by atoms with Crippen LogP contribution < -0.4 is 5.32 Å². The molecule has 1 aliphatic heterocycles. The largest absolute Gasteiger partial charge is 0.343 e. The second kappa shape index (κ2) is 6.87. The zero-order valence-electron chi connectivity index (χ0n) is 15.0. The first-order valence-corrected chi connectivity index (χ1v) is 9.19. The van der Waals surface area contributed by atoms with Gasteiger partial charge in [0.15, 0.2) is 0 Å². The Morgan fingerprint density at radius 2 is 1.89 bits per heavy atom. The van der Waals surface area contributed by atoms with Crippen molar-refractivity contribution in [2.45, 2.75) is 38.3 Å². The summed E-state index contributed by atoms with van der Waals surface area (Å²) in [7, 11) is 0. The Morgan fingerprint density at radius 3 is 2.63 bits per heavy atom. The third-order valence-electron chi connectivity index (χ3n) is 5.27. The first-order valence-electron chi connectivity index (χ1n) is 9.19. The number of rotatable bonds is 4. The molecule has 0 bridgehead atoms. The zero-order chi connectivity index (χ0) is 19.0. The minimum atomic E-state index is -0.639. The molecule has 138 valence electrons. The predicted octanol–water partition coefficient (Wildman–Crippen LogP) is 3.23. The monoisotopic (exact) mass is 363 g/mol. The lowest BCUT2D eigenvalue weighted by atomic mass is 10.0. The van der Waals surface area contributed by atoms with Gasteiger partial charge in [-0.15, -0.1) is 6.58 Å². The number of carbonyl (C=O) groups excluding carboxylic acids is 3. The van der Waals surface area contributed by atoms with Crippen LogP contribution in [0.25, 0.3) is 17.0 Å². The van der Waals surface area contributed by atoms with E-state index in [1.165, 1.54) is 4.90 Å². The lowest BCUT2D eigenvalue weighted by Gasteiger charge is -2.31. The molecule has 27 heavy (non-hydrogen) atoms. The van der Waals surface area contributed by atoms with E-state index >= 15 is 0 Å². The number of fused-ring (bicyclic) bond motifs is 1. The van der Waals surface area contributed by atoms with Crippen molar-refractivity contribution in [3.63, 3.8) is 0 Å². The minimum Gasteiger partial charge on any atom is -0.343 e. The molecule has 1 aliphatic carbocycles. The van der Waals surface area contributed by atoms with Crippen molar-refractivity contribution in [2.75, 3.05) is 0 Å². The number of amides is 4. The smallest absolute Gasteiger partial charge is 0.331 e. The quantitative estimate of drug-likeness (QED) is 0.515. The highest BCUT2D eigenvalue weighted by atomic mass is 16.2. The van der Waals surface area contributed by atoms with Crippen molar-refractivity contribution in [3.8, 4) is 0 Å².